The smallest absolute Gasteiger partial charge is 0.320 e. The van der Waals surface area contributed by atoms with E-state index in [1.54, 1.807) is 41.5 Å². The third kappa shape index (κ3) is 6.14. The summed E-state index contributed by atoms with van der Waals surface area (Å²) < 4.78 is 10.2. The van der Waals surface area contributed by atoms with E-state index in [0.717, 1.165) is 32.1 Å². The van der Waals surface area contributed by atoms with E-state index in [1.807, 2.05) is 6.92 Å². The van der Waals surface area contributed by atoms with E-state index >= 15 is 0 Å². The number of ether oxygens (including phenoxy) is 2. The number of hydrogen-bond donors (Lipinski definition) is 0. The maximum Gasteiger partial charge on any atom is 0.320 e. The fraction of sp³-hybridized carbons (Fsp3) is 0.818. The summed E-state index contributed by atoms with van der Waals surface area (Å²) in [7, 11) is 0. The fourth-order valence-electron chi connectivity index (χ4n) is 3.49. The van der Waals surface area contributed by atoms with Crippen molar-refractivity contribution in [2.45, 2.75) is 93.4 Å². The molecule has 0 aromatic rings. The number of esters is 4. The molecule has 0 radical (unpaired) electrons. The number of hydrogen-bond acceptors (Lipinski definition) is 6. The first kappa shape index (κ1) is 24.3. The highest BCUT2D eigenvalue weighted by Crippen LogP contribution is 2.45. The summed E-state index contributed by atoms with van der Waals surface area (Å²) in [5.41, 5.74) is -2.81. The average Bonchev–Trinajstić information content (AvgIpc) is 2.58. The molecule has 160 valence electrons. The largest absolute Gasteiger partial charge is 0.393 e. The number of rotatable bonds is 5. The van der Waals surface area contributed by atoms with Crippen molar-refractivity contribution in [1.82, 2.24) is 0 Å². The zero-order valence-corrected chi connectivity index (χ0v) is 18.5. The maximum absolute atomic E-state index is 13.1. The highest BCUT2D eigenvalue weighted by Gasteiger charge is 2.49. The standard InChI is InChI=1S/C22H36O6/c1-8-22(15-12-10-9-11-13-15,19(26)28-18(25)21(5,6)7)14-16(23)27-17(24)20(2,3)4/h15H,8-14H2,1-7H3. The van der Waals surface area contributed by atoms with Crippen LogP contribution < -0.4 is 0 Å². The van der Waals surface area contributed by atoms with Crippen LogP contribution in [0.3, 0.4) is 0 Å². The van der Waals surface area contributed by atoms with Gasteiger partial charge in [-0.1, -0.05) is 26.2 Å². The summed E-state index contributed by atoms with van der Waals surface area (Å²) >= 11 is 0. The Kier molecular flexibility index (Phi) is 7.98. The Balaban J connectivity index is 3.12. The Morgan fingerprint density at radius 3 is 1.64 bits per heavy atom. The van der Waals surface area contributed by atoms with Crippen molar-refractivity contribution in [3.05, 3.63) is 0 Å². The monoisotopic (exact) mass is 396 g/mol. The summed E-state index contributed by atoms with van der Waals surface area (Å²) in [5, 5.41) is 0. The van der Waals surface area contributed by atoms with Gasteiger partial charge in [0.1, 0.15) is 0 Å². The molecular formula is C22H36O6. The van der Waals surface area contributed by atoms with Crippen LogP contribution in [0.5, 0.6) is 0 Å². The van der Waals surface area contributed by atoms with Gasteiger partial charge >= 0.3 is 23.9 Å². The molecule has 28 heavy (non-hydrogen) atoms. The van der Waals surface area contributed by atoms with Gasteiger partial charge in [0.15, 0.2) is 0 Å². The predicted octanol–water partition coefficient (Wildman–Crippen LogP) is 4.59. The van der Waals surface area contributed by atoms with Crippen LogP contribution in [0.25, 0.3) is 0 Å². The molecule has 1 unspecified atom stereocenters. The summed E-state index contributed by atoms with van der Waals surface area (Å²) in [4.78, 5) is 50.1. The molecule has 1 saturated carbocycles. The molecule has 1 aliphatic rings. The third-order valence-electron chi connectivity index (χ3n) is 5.50. The second-order valence-electron chi connectivity index (χ2n) is 9.96. The van der Waals surface area contributed by atoms with E-state index < -0.39 is 40.1 Å². The summed E-state index contributed by atoms with van der Waals surface area (Å²) in [6.07, 6.45) is 4.66. The van der Waals surface area contributed by atoms with E-state index in [4.69, 9.17) is 9.47 Å². The van der Waals surface area contributed by atoms with Gasteiger partial charge in [-0.25, -0.2) is 0 Å². The Bertz CT molecular complexity index is 601. The van der Waals surface area contributed by atoms with Gasteiger partial charge in [-0.15, -0.1) is 0 Å². The van der Waals surface area contributed by atoms with Crippen molar-refractivity contribution in [3.8, 4) is 0 Å². The topological polar surface area (TPSA) is 86.7 Å². The molecule has 0 aromatic carbocycles. The molecule has 1 atom stereocenters. The minimum absolute atomic E-state index is 0.0798. The van der Waals surface area contributed by atoms with Gasteiger partial charge in [-0.3, -0.25) is 19.2 Å². The quantitative estimate of drug-likeness (QED) is 0.499. The van der Waals surface area contributed by atoms with Crippen molar-refractivity contribution in [3.63, 3.8) is 0 Å². The molecule has 1 fully saturated rings. The molecule has 1 rings (SSSR count). The lowest BCUT2D eigenvalue weighted by molar-refractivity contribution is -0.181. The number of carbonyl (C=O) groups excluding carboxylic acids is 4. The lowest BCUT2D eigenvalue weighted by atomic mass is 9.65. The molecule has 0 amide bonds. The van der Waals surface area contributed by atoms with Gasteiger partial charge < -0.3 is 9.47 Å². The van der Waals surface area contributed by atoms with Crippen LogP contribution >= 0.6 is 0 Å². The lowest BCUT2D eigenvalue weighted by Gasteiger charge is -2.39. The molecule has 0 saturated heterocycles. The molecule has 0 aromatic heterocycles. The second-order valence-corrected chi connectivity index (χ2v) is 9.96. The molecule has 6 nitrogen and oxygen atoms in total. The lowest BCUT2D eigenvalue weighted by Crippen LogP contribution is -2.45. The van der Waals surface area contributed by atoms with Crippen molar-refractivity contribution < 1.29 is 28.7 Å². The molecule has 0 aliphatic heterocycles. The van der Waals surface area contributed by atoms with Crippen LogP contribution in [-0.4, -0.2) is 23.9 Å². The minimum Gasteiger partial charge on any atom is -0.393 e. The first-order valence-electron chi connectivity index (χ1n) is 10.3. The van der Waals surface area contributed by atoms with Gasteiger partial charge in [0.25, 0.3) is 0 Å². The van der Waals surface area contributed by atoms with E-state index in [-0.39, 0.29) is 12.3 Å². The van der Waals surface area contributed by atoms with E-state index in [9.17, 15) is 19.2 Å². The highest BCUT2D eigenvalue weighted by molar-refractivity contribution is 5.95. The van der Waals surface area contributed by atoms with Gasteiger partial charge in [0.05, 0.1) is 22.7 Å². The summed E-state index contributed by atoms with van der Waals surface area (Å²) in [5.74, 6) is -2.76. The number of carbonyl (C=O) groups is 4. The van der Waals surface area contributed by atoms with Crippen molar-refractivity contribution in [1.29, 1.82) is 0 Å². The first-order valence-corrected chi connectivity index (χ1v) is 10.3. The average molecular weight is 397 g/mol. The predicted molar refractivity (Wildman–Crippen MR) is 105 cm³/mol. The fourth-order valence-corrected chi connectivity index (χ4v) is 3.49. The van der Waals surface area contributed by atoms with Gasteiger partial charge in [0, 0.05) is 0 Å². The maximum atomic E-state index is 13.1. The van der Waals surface area contributed by atoms with Crippen molar-refractivity contribution >= 4 is 23.9 Å². The normalized spacial score (nSPS) is 18.1. The van der Waals surface area contributed by atoms with Crippen LogP contribution in [-0.2, 0) is 28.7 Å². The molecule has 0 spiro atoms. The molecule has 6 heteroatoms. The minimum atomic E-state index is -1.16. The van der Waals surface area contributed by atoms with Crippen LogP contribution in [0.15, 0.2) is 0 Å². The third-order valence-corrected chi connectivity index (χ3v) is 5.50. The molecule has 0 N–H and O–H groups in total. The zero-order valence-electron chi connectivity index (χ0n) is 18.5. The Morgan fingerprint density at radius 1 is 0.750 bits per heavy atom. The van der Waals surface area contributed by atoms with Crippen molar-refractivity contribution in [2.24, 2.45) is 22.2 Å². The SMILES string of the molecule is CCC(CC(=O)OC(=O)C(C)(C)C)(C(=O)OC(=O)C(C)(C)C)C1CCCCC1. The van der Waals surface area contributed by atoms with Crippen molar-refractivity contribution in [2.75, 3.05) is 0 Å². The molecule has 0 bridgehead atoms. The molecule has 1 aliphatic carbocycles. The Hall–Kier alpha value is -1.72. The second kappa shape index (κ2) is 9.19. The van der Waals surface area contributed by atoms with E-state index in [2.05, 4.69) is 0 Å². The molecule has 0 heterocycles. The van der Waals surface area contributed by atoms with Crippen LogP contribution in [0.4, 0.5) is 0 Å². The Morgan fingerprint density at radius 2 is 1.21 bits per heavy atom. The van der Waals surface area contributed by atoms with Gasteiger partial charge in [-0.05, 0) is 66.7 Å². The molecular weight excluding hydrogens is 360 g/mol. The van der Waals surface area contributed by atoms with Crippen LogP contribution in [0.1, 0.15) is 93.4 Å². The van der Waals surface area contributed by atoms with E-state index in [1.165, 1.54) is 0 Å². The summed E-state index contributed by atoms with van der Waals surface area (Å²) in [6.45, 7) is 11.8. The first-order chi connectivity index (χ1) is 12.7. The van der Waals surface area contributed by atoms with Crippen LogP contribution in [0, 0.1) is 22.2 Å². The van der Waals surface area contributed by atoms with Gasteiger partial charge in [0.2, 0.25) is 0 Å². The van der Waals surface area contributed by atoms with E-state index in [0.29, 0.717) is 6.42 Å². The highest BCUT2D eigenvalue weighted by atomic mass is 16.6. The summed E-state index contributed by atoms with van der Waals surface area (Å²) in [6, 6.07) is 0. The van der Waals surface area contributed by atoms with Crippen LogP contribution in [0.2, 0.25) is 0 Å². The Labute approximate surface area is 168 Å². The van der Waals surface area contributed by atoms with Gasteiger partial charge in [-0.2, -0.15) is 0 Å². The zero-order chi connectivity index (χ0) is 21.8.